The molecule has 0 atom stereocenters. The Balaban J connectivity index is 1.29. The molecule has 4 rings (SSSR count). The molecule has 2 heterocycles. The summed E-state index contributed by atoms with van der Waals surface area (Å²) in [5.41, 5.74) is 1.59. The predicted octanol–water partition coefficient (Wildman–Crippen LogP) is 4.28. The number of halogens is 1. The number of amides is 2. The van der Waals surface area contributed by atoms with Crippen molar-refractivity contribution in [3.05, 3.63) is 69.7 Å². The van der Waals surface area contributed by atoms with Crippen molar-refractivity contribution in [3.63, 3.8) is 0 Å². The van der Waals surface area contributed by atoms with Gasteiger partial charge in [0.05, 0.1) is 17.7 Å². The standard InChI is InChI=1S/C23H23ClN4O3S/c1-31-17-8-6-15(7-9-17)14-20-26-27-23(32-20)25-21(29)16-10-12-28(13-11-16)22(30)18-4-2-3-5-19(18)24/h2-9,16H,10-14H2,1H3,(H,25,27,29). The quantitative estimate of drug-likeness (QED) is 0.581. The fourth-order valence-electron chi connectivity index (χ4n) is 3.65. The summed E-state index contributed by atoms with van der Waals surface area (Å²) in [6.07, 6.45) is 1.83. The van der Waals surface area contributed by atoms with E-state index in [4.69, 9.17) is 16.3 Å². The van der Waals surface area contributed by atoms with E-state index < -0.39 is 0 Å². The average Bonchev–Trinajstić information content (AvgIpc) is 3.26. The van der Waals surface area contributed by atoms with Crippen molar-refractivity contribution in [2.45, 2.75) is 19.3 Å². The molecule has 7 nitrogen and oxygen atoms in total. The number of rotatable bonds is 6. The number of piperidine rings is 1. The average molecular weight is 471 g/mol. The molecule has 1 saturated heterocycles. The smallest absolute Gasteiger partial charge is 0.255 e. The highest BCUT2D eigenvalue weighted by atomic mass is 35.5. The van der Waals surface area contributed by atoms with Crippen LogP contribution in [0.15, 0.2) is 48.5 Å². The number of hydrogen-bond donors (Lipinski definition) is 1. The Kier molecular flexibility index (Phi) is 7.02. The lowest BCUT2D eigenvalue weighted by molar-refractivity contribution is -0.121. The first-order chi connectivity index (χ1) is 15.5. The van der Waals surface area contributed by atoms with Crippen molar-refractivity contribution in [3.8, 4) is 5.75 Å². The summed E-state index contributed by atoms with van der Waals surface area (Å²) in [5, 5.41) is 12.9. The highest BCUT2D eigenvalue weighted by Gasteiger charge is 2.29. The van der Waals surface area contributed by atoms with Crippen LogP contribution < -0.4 is 10.1 Å². The van der Waals surface area contributed by atoms with Crippen LogP contribution in [0.1, 0.15) is 33.8 Å². The fourth-order valence-corrected chi connectivity index (χ4v) is 4.64. The van der Waals surface area contributed by atoms with Crippen LogP contribution in [0.25, 0.3) is 0 Å². The van der Waals surface area contributed by atoms with Gasteiger partial charge in [0.25, 0.3) is 5.91 Å². The number of methoxy groups -OCH3 is 1. The van der Waals surface area contributed by atoms with Gasteiger partial charge >= 0.3 is 0 Å². The first kappa shape index (κ1) is 22.2. The molecule has 166 valence electrons. The maximum absolute atomic E-state index is 12.7. The Hall–Kier alpha value is -2.97. The molecule has 32 heavy (non-hydrogen) atoms. The molecule has 1 fully saturated rings. The number of nitrogens with one attached hydrogen (secondary N) is 1. The van der Waals surface area contributed by atoms with Gasteiger partial charge in [0.1, 0.15) is 10.8 Å². The number of ether oxygens (including phenoxy) is 1. The van der Waals surface area contributed by atoms with Gasteiger partial charge in [-0.1, -0.05) is 47.2 Å². The highest BCUT2D eigenvalue weighted by Crippen LogP contribution is 2.25. The number of aromatic nitrogens is 2. The summed E-state index contributed by atoms with van der Waals surface area (Å²) in [6.45, 7) is 1.03. The first-order valence-electron chi connectivity index (χ1n) is 10.3. The van der Waals surface area contributed by atoms with Crippen LogP contribution in [0.4, 0.5) is 5.13 Å². The van der Waals surface area contributed by atoms with E-state index in [2.05, 4.69) is 15.5 Å². The minimum absolute atomic E-state index is 0.0815. The molecule has 2 amide bonds. The minimum atomic E-state index is -0.167. The Morgan fingerprint density at radius 3 is 2.53 bits per heavy atom. The summed E-state index contributed by atoms with van der Waals surface area (Å²) >= 11 is 7.52. The SMILES string of the molecule is COc1ccc(Cc2nnc(NC(=O)C3CCN(C(=O)c4ccccc4Cl)CC3)s2)cc1. The van der Waals surface area contributed by atoms with E-state index in [9.17, 15) is 9.59 Å². The molecule has 0 saturated carbocycles. The highest BCUT2D eigenvalue weighted by molar-refractivity contribution is 7.15. The molecule has 2 aromatic carbocycles. The number of hydrogen-bond acceptors (Lipinski definition) is 6. The zero-order valence-electron chi connectivity index (χ0n) is 17.6. The van der Waals surface area contributed by atoms with Crippen LogP contribution >= 0.6 is 22.9 Å². The summed E-state index contributed by atoms with van der Waals surface area (Å²) in [6, 6.07) is 14.8. The molecule has 0 bridgehead atoms. The summed E-state index contributed by atoms with van der Waals surface area (Å²) in [4.78, 5) is 27.1. The fraction of sp³-hybridized carbons (Fsp3) is 0.304. The van der Waals surface area contributed by atoms with E-state index >= 15 is 0 Å². The molecular formula is C23H23ClN4O3S. The van der Waals surface area contributed by atoms with Crippen LogP contribution in [0.5, 0.6) is 5.75 Å². The maximum Gasteiger partial charge on any atom is 0.255 e. The molecule has 9 heteroatoms. The van der Waals surface area contributed by atoms with Crippen LogP contribution in [-0.4, -0.2) is 47.1 Å². The molecule has 1 aromatic heterocycles. The van der Waals surface area contributed by atoms with Gasteiger partial charge in [0, 0.05) is 25.4 Å². The first-order valence-corrected chi connectivity index (χ1v) is 11.5. The third-order valence-electron chi connectivity index (χ3n) is 5.47. The van der Waals surface area contributed by atoms with Gasteiger partial charge in [-0.05, 0) is 42.7 Å². The van der Waals surface area contributed by atoms with Gasteiger partial charge in [-0.2, -0.15) is 0 Å². The zero-order chi connectivity index (χ0) is 22.5. The van der Waals surface area contributed by atoms with Crippen molar-refractivity contribution in [1.29, 1.82) is 0 Å². The number of benzene rings is 2. The van der Waals surface area contributed by atoms with Gasteiger partial charge in [0.2, 0.25) is 11.0 Å². The molecule has 0 unspecified atom stereocenters. The Morgan fingerprint density at radius 2 is 1.84 bits per heavy atom. The minimum Gasteiger partial charge on any atom is -0.497 e. The van der Waals surface area contributed by atoms with Gasteiger partial charge in [-0.3, -0.25) is 9.59 Å². The van der Waals surface area contributed by atoms with E-state index in [1.165, 1.54) is 11.3 Å². The largest absolute Gasteiger partial charge is 0.497 e. The van der Waals surface area contributed by atoms with Crippen LogP contribution in [0.3, 0.4) is 0 Å². The molecular weight excluding hydrogens is 448 g/mol. The van der Waals surface area contributed by atoms with Gasteiger partial charge in [0.15, 0.2) is 0 Å². The number of likely N-dealkylation sites (tertiary alicyclic amines) is 1. The Labute approximate surface area is 195 Å². The van der Waals surface area contributed by atoms with Crippen molar-refractivity contribution in [2.24, 2.45) is 5.92 Å². The molecule has 3 aromatic rings. The summed E-state index contributed by atoms with van der Waals surface area (Å²) in [5.74, 6) is 0.460. The predicted molar refractivity (Wildman–Crippen MR) is 124 cm³/mol. The van der Waals surface area contributed by atoms with Crippen molar-refractivity contribution in [2.75, 3.05) is 25.5 Å². The van der Waals surface area contributed by atoms with Gasteiger partial charge in [-0.15, -0.1) is 10.2 Å². The topological polar surface area (TPSA) is 84.4 Å². The number of carbonyl (C=O) groups is 2. The van der Waals surface area contributed by atoms with E-state index in [1.807, 2.05) is 24.3 Å². The van der Waals surface area contributed by atoms with Gasteiger partial charge < -0.3 is 15.0 Å². The molecule has 0 spiro atoms. The van der Waals surface area contributed by atoms with Crippen LogP contribution in [0.2, 0.25) is 5.02 Å². The molecule has 0 aliphatic carbocycles. The summed E-state index contributed by atoms with van der Waals surface area (Å²) in [7, 11) is 1.63. The zero-order valence-corrected chi connectivity index (χ0v) is 19.2. The van der Waals surface area contributed by atoms with E-state index in [-0.39, 0.29) is 17.7 Å². The number of nitrogens with zero attached hydrogens (tertiary/aromatic N) is 3. The third kappa shape index (κ3) is 5.26. The maximum atomic E-state index is 12.7. The lowest BCUT2D eigenvalue weighted by Crippen LogP contribution is -2.41. The number of anilines is 1. The van der Waals surface area contributed by atoms with Crippen molar-refractivity contribution < 1.29 is 14.3 Å². The Bertz CT molecular complexity index is 1090. The molecule has 1 N–H and O–H groups in total. The van der Waals surface area contributed by atoms with E-state index in [0.717, 1.165) is 16.3 Å². The molecule has 0 radical (unpaired) electrons. The van der Waals surface area contributed by atoms with Crippen LogP contribution in [0, 0.1) is 5.92 Å². The van der Waals surface area contributed by atoms with E-state index in [1.54, 1.807) is 36.3 Å². The lowest BCUT2D eigenvalue weighted by Gasteiger charge is -2.31. The van der Waals surface area contributed by atoms with E-state index in [0.29, 0.717) is 48.1 Å². The molecule has 1 aliphatic rings. The Morgan fingerprint density at radius 1 is 1.12 bits per heavy atom. The van der Waals surface area contributed by atoms with Crippen molar-refractivity contribution in [1.82, 2.24) is 15.1 Å². The second kappa shape index (κ2) is 10.1. The second-order valence-corrected chi connectivity index (χ2v) is 9.03. The number of carbonyl (C=O) groups excluding carboxylic acids is 2. The van der Waals surface area contributed by atoms with Gasteiger partial charge in [-0.25, -0.2) is 0 Å². The monoisotopic (exact) mass is 470 g/mol. The summed E-state index contributed by atoms with van der Waals surface area (Å²) < 4.78 is 5.17. The molecule has 1 aliphatic heterocycles. The second-order valence-electron chi connectivity index (χ2n) is 7.56. The normalized spacial score (nSPS) is 14.2. The third-order valence-corrected chi connectivity index (χ3v) is 6.64. The van der Waals surface area contributed by atoms with Crippen LogP contribution in [-0.2, 0) is 11.2 Å². The van der Waals surface area contributed by atoms with Crippen molar-refractivity contribution >= 4 is 39.9 Å². The lowest BCUT2D eigenvalue weighted by atomic mass is 9.95.